The van der Waals surface area contributed by atoms with Gasteiger partial charge in [-0.1, -0.05) is 32.9 Å². The molecule has 1 amide bonds. The molecular weight excluding hydrogens is 365 g/mol. The third-order valence-electron chi connectivity index (χ3n) is 4.56. The first-order valence-electron chi connectivity index (χ1n) is 8.67. The molecule has 3 rings (SSSR count). The average Bonchev–Trinajstić information content (AvgIpc) is 2.95. The molecule has 1 heterocycles. The van der Waals surface area contributed by atoms with E-state index in [1.165, 1.54) is 35.2 Å². The van der Waals surface area contributed by atoms with Crippen LogP contribution in [0.4, 0.5) is 10.1 Å². The second-order valence-electron chi connectivity index (χ2n) is 7.70. The molecule has 4 nitrogen and oxygen atoms in total. The molecule has 0 aliphatic carbocycles. The summed E-state index contributed by atoms with van der Waals surface area (Å²) >= 11 is 0. The number of carbonyl (C=O) groups excluding carboxylic acids is 1. The highest BCUT2D eigenvalue weighted by molar-refractivity contribution is 7.94. The van der Waals surface area contributed by atoms with Gasteiger partial charge in [0.25, 0.3) is 5.91 Å². The molecule has 1 aliphatic heterocycles. The Labute approximate surface area is 159 Å². The molecule has 1 aliphatic rings. The summed E-state index contributed by atoms with van der Waals surface area (Å²) in [7, 11) is -3.35. The Kier molecular flexibility index (Phi) is 4.95. The van der Waals surface area contributed by atoms with Gasteiger partial charge in [-0.15, -0.1) is 0 Å². The van der Waals surface area contributed by atoms with Crippen molar-refractivity contribution >= 4 is 21.4 Å². The van der Waals surface area contributed by atoms with E-state index in [9.17, 15) is 17.6 Å². The van der Waals surface area contributed by atoms with Gasteiger partial charge in [0.05, 0.1) is 11.8 Å². The van der Waals surface area contributed by atoms with Crippen molar-refractivity contribution in [1.82, 2.24) is 0 Å². The van der Waals surface area contributed by atoms with E-state index < -0.39 is 21.7 Å². The van der Waals surface area contributed by atoms with Crippen molar-refractivity contribution in [2.24, 2.45) is 0 Å². The Hall–Kier alpha value is -2.47. The number of sulfone groups is 1. The quantitative estimate of drug-likeness (QED) is 0.797. The van der Waals surface area contributed by atoms with Crippen LogP contribution in [-0.4, -0.2) is 26.1 Å². The molecule has 1 atom stereocenters. The molecule has 2 aromatic carbocycles. The fraction of sp³-hybridized carbons (Fsp3) is 0.286. The van der Waals surface area contributed by atoms with Crippen molar-refractivity contribution in [3.8, 4) is 0 Å². The van der Waals surface area contributed by atoms with Gasteiger partial charge >= 0.3 is 0 Å². The van der Waals surface area contributed by atoms with Gasteiger partial charge in [-0.25, -0.2) is 12.8 Å². The summed E-state index contributed by atoms with van der Waals surface area (Å²) in [6.45, 7) is 6.26. The lowest BCUT2D eigenvalue weighted by Gasteiger charge is -2.28. The zero-order chi connectivity index (χ0) is 19.8. The van der Waals surface area contributed by atoms with Gasteiger partial charge in [0.2, 0.25) is 0 Å². The van der Waals surface area contributed by atoms with Crippen LogP contribution in [0.15, 0.2) is 60.0 Å². The lowest BCUT2D eigenvalue weighted by molar-refractivity contribution is 0.0983. The number of amides is 1. The van der Waals surface area contributed by atoms with Crippen LogP contribution < -0.4 is 4.90 Å². The molecule has 27 heavy (non-hydrogen) atoms. The smallest absolute Gasteiger partial charge is 0.258 e. The van der Waals surface area contributed by atoms with Crippen molar-refractivity contribution in [2.75, 3.05) is 10.7 Å². The van der Waals surface area contributed by atoms with Crippen LogP contribution in [0, 0.1) is 5.82 Å². The van der Waals surface area contributed by atoms with Gasteiger partial charge in [-0.05, 0) is 53.5 Å². The van der Waals surface area contributed by atoms with E-state index in [0.29, 0.717) is 11.3 Å². The van der Waals surface area contributed by atoms with Gasteiger partial charge in [-0.2, -0.15) is 0 Å². The summed E-state index contributed by atoms with van der Waals surface area (Å²) in [5.74, 6) is -0.931. The monoisotopic (exact) mass is 387 g/mol. The first kappa shape index (κ1) is 19.3. The highest BCUT2D eigenvalue weighted by Gasteiger charge is 2.32. The number of anilines is 1. The maximum absolute atomic E-state index is 13.3. The minimum atomic E-state index is -3.35. The molecule has 0 unspecified atom stereocenters. The predicted octanol–water partition coefficient (Wildman–Crippen LogP) is 4.08. The van der Waals surface area contributed by atoms with E-state index in [4.69, 9.17) is 0 Å². The maximum atomic E-state index is 13.3. The minimum absolute atomic E-state index is 0.0412. The summed E-state index contributed by atoms with van der Waals surface area (Å²) in [4.78, 5) is 14.6. The standard InChI is InChI=1S/C21H22FNO3S/c1-21(2,3)16-6-4-15(5-7-16)20(24)23(18-10-8-17(22)9-11-18)19-12-13-27(25,26)14-19/h4-13,19H,14H2,1-3H3/t19-/m1/s1. The van der Waals surface area contributed by atoms with Crippen LogP contribution >= 0.6 is 0 Å². The largest absolute Gasteiger partial charge is 0.300 e. The molecule has 0 aromatic heterocycles. The van der Waals surface area contributed by atoms with Crippen molar-refractivity contribution in [1.29, 1.82) is 0 Å². The Morgan fingerprint density at radius 1 is 1.04 bits per heavy atom. The first-order valence-corrected chi connectivity index (χ1v) is 10.4. The van der Waals surface area contributed by atoms with E-state index in [-0.39, 0.29) is 17.1 Å². The second kappa shape index (κ2) is 6.93. The lowest BCUT2D eigenvalue weighted by atomic mass is 9.86. The third-order valence-corrected chi connectivity index (χ3v) is 5.94. The Bertz CT molecular complexity index is 972. The highest BCUT2D eigenvalue weighted by atomic mass is 32.2. The molecule has 0 N–H and O–H groups in total. The summed E-state index contributed by atoms with van der Waals surface area (Å²) < 4.78 is 37.0. The molecular formula is C21H22FNO3S. The van der Waals surface area contributed by atoms with Crippen LogP contribution in [-0.2, 0) is 15.3 Å². The van der Waals surface area contributed by atoms with Crippen molar-refractivity contribution in [2.45, 2.75) is 32.2 Å². The Morgan fingerprint density at radius 2 is 1.63 bits per heavy atom. The van der Waals surface area contributed by atoms with E-state index in [1.807, 2.05) is 12.1 Å². The van der Waals surface area contributed by atoms with E-state index in [0.717, 1.165) is 11.0 Å². The molecule has 0 saturated carbocycles. The van der Waals surface area contributed by atoms with E-state index in [2.05, 4.69) is 20.8 Å². The van der Waals surface area contributed by atoms with Gasteiger partial charge in [0.15, 0.2) is 9.84 Å². The lowest BCUT2D eigenvalue weighted by Crippen LogP contribution is -2.41. The Balaban J connectivity index is 1.98. The fourth-order valence-electron chi connectivity index (χ4n) is 3.03. The molecule has 2 aromatic rings. The van der Waals surface area contributed by atoms with Crippen LogP contribution in [0.5, 0.6) is 0 Å². The van der Waals surface area contributed by atoms with Gasteiger partial charge < -0.3 is 4.90 Å². The minimum Gasteiger partial charge on any atom is -0.300 e. The van der Waals surface area contributed by atoms with Gasteiger partial charge in [0, 0.05) is 16.7 Å². The molecule has 142 valence electrons. The van der Waals surface area contributed by atoms with Crippen molar-refractivity contribution in [3.05, 3.63) is 77.0 Å². The maximum Gasteiger partial charge on any atom is 0.258 e. The SMILES string of the molecule is CC(C)(C)c1ccc(C(=O)N(c2ccc(F)cc2)[C@@H]2C=CS(=O)(=O)C2)cc1. The summed E-state index contributed by atoms with van der Waals surface area (Å²) in [6.07, 6.45) is 1.50. The number of halogens is 1. The fourth-order valence-corrected chi connectivity index (χ4v) is 4.30. The van der Waals surface area contributed by atoms with Crippen LogP contribution in [0.1, 0.15) is 36.7 Å². The molecule has 6 heteroatoms. The van der Waals surface area contributed by atoms with Crippen LogP contribution in [0.25, 0.3) is 0 Å². The zero-order valence-corrected chi connectivity index (χ0v) is 16.3. The normalized spacial score (nSPS) is 18.4. The average molecular weight is 387 g/mol. The number of carbonyl (C=O) groups is 1. The number of hydrogen-bond donors (Lipinski definition) is 0. The van der Waals surface area contributed by atoms with Gasteiger partial charge in [-0.3, -0.25) is 4.79 Å². The summed E-state index contributed by atoms with van der Waals surface area (Å²) in [5.41, 5.74) is 1.95. The first-order chi connectivity index (χ1) is 12.6. The number of hydrogen-bond acceptors (Lipinski definition) is 3. The second-order valence-corrected chi connectivity index (χ2v) is 9.64. The number of benzene rings is 2. The van der Waals surface area contributed by atoms with Gasteiger partial charge in [0.1, 0.15) is 5.82 Å². The van der Waals surface area contributed by atoms with Crippen LogP contribution in [0.3, 0.4) is 0 Å². The van der Waals surface area contributed by atoms with E-state index in [1.54, 1.807) is 12.1 Å². The molecule has 0 saturated heterocycles. The topological polar surface area (TPSA) is 54.5 Å². The van der Waals surface area contributed by atoms with Crippen molar-refractivity contribution in [3.63, 3.8) is 0 Å². The number of rotatable bonds is 3. The molecule has 0 radical (unpaired) electrons. The molecule has 0 spiro atoms. The summed E-state index contributed by atoms with van der Waals surface area (Å²) in [6, 6.07) is 12.1. The predicted molar refractivity (Wildman–Crippen MR) is 105 cm³/mol. The zero-order valence-electron chi connectivity index (χ0n) is 15.5. The number of nitrogens with zero attached hydrogens (tertiary/aromatic N) is 1. The highest BCUT2D eigenvalue weighted by Crippen LogP contribution is 2.27. The summed E-state index contributed by atoms with van der Waals surface area (Å²) in [5, 5.41) is 1.13. The third kappa shape index (κ3) is 4.27. The molecule has 0 bridgehead atoms. The van der Waals surface area contributed by atoms with Crippen molar-refractivity contribution < 1.29 is 17.6 Å². The Morgan fingerprint density at radius 3 is 2.11 bits per heavy atom. The molecule has 0 fully saturated rings. The van der Waals surface area contributed by atoms with Crippen LogP contribution in [0.2, 0.25) is 0 Å². The van der Waals surface area contributed by atoms with E-state index >= 15 is 0 Å².